The maximum Gasteiger partial charge on any atom is 0.406 e. The number of piperazine rings is 1. The second kappa shape index (κ2) is 8.73. The molecule has 2 atom stereocenters. The fraction of sp³-hybridized carbons (Fsp3) is 0.526. The predicted molar refractivity (Wildman–Crippen MR) is 104 cm³/mol. The summed E-state index contributed by atoms with van der Waals surface area (Å²) in [4.78, 5) is 56.9. The molecule has 1 aromatic rings. The Morgan fingerprint density at radius 3 is 2.59 bits per heavy atom. The number of nitrogens with one attached hydrogen (secondary N) is 1. The van der Waals surface area contributed by atoms with Crippen LogP contribution in [0.2, 0.25) is 0 Å². The fourth-order valence-corrected chi connectivity index (χ4v) is 3.86. The molecule has 0 aliphatic carbocycles. The van der Waals surface area contributed by atoms with Gasteiger partial charge in [-0.1, -0.05) is 6.07 Å². The maximum atomic E-state index is 13.2. The van der Waals surface area contributed by atoms with E-state index in [2.05, 4.69) is 10.3 Å². The first-order valence-electron chi connectivity index (χ1n) is 9.86. The molecule has 2 aliphatic rings. The van der Waals surface area contributed by atoms with Crippen molar-refractivity contribution in [1.82, 2.24) is 25.0 Å². The molecule has 32 heavy (non-hydrogen) atoms. The van der Waals surface area contributed by atoms with E-state index in [1.807, 2.05) is 0 Å². The van der Waals surface area contributed by atoms with Crippen LogP contribution in [0.15, 0.2) is 24.4 Å². The first kappa shape index (κ1) is 23.4. The highest BCUT2D eigenvalue weighted by molar-refractivity contribution is 6.08. The van der Waals surface area contributed by atoms with Crippen LogP contribution in [-0.2, 0) is 20.8 Å². The Kier molecular flexibility index (Phi) is 6.39. The van der Waals surface area contributed by atoms with Gasteiger partial charge in [-0.15, -0.1) is 0 Å². The Morgan fingerprint density at radius 1 is 1.28 bits per heavy atom. The zero-order valence-corrected chi connectivity index (χ0v) is 17.3. The largest absolute Gasteiger partial charge is 0.406 e. The number of nitrogens with zero attached hydrogens (tertiary/aromatic N) is 4. The van der Waals surface area contributed by atoms with Crippen molar-refractivity contribution in [3.8, 4) is 0 Å². The van der Waals surface area contributed by atoms with Crippen LogP contribution in [0.3, 0.4) is 0 Å². The van der Waals surface area contributed by atoms with Gasteiger partial charge in [0.05, 0.1) is 19.1 Å². The Hall–Kier alpha value is -3.22. The second-order valence-corrected chi connectivity index (χ2v) is 7.79. The van der Waals surface area contributed by atoms with E-state index in [4.69, 9.17) is 5.73 Å². The van der Waals surface area contributed by atoms with Crippen LogP contribution in [0.1, 0.15) is 12.6 Å². The Balaban J connectivity index is 1.88. The van der Waals surface area contributed by atoms with Crippen LogP contribution >= 0.6 is 0 Å². The molecule has 10 nitrogen and oxygen atoms in total. The van der Waals surface area contributed by atoms with Gasteiger partial charge in [0, 0.05) is 31.4 Å². The van der Waals surface area contributed by atoms with Gasteiger partial charge < -0.3 is 20.9 Å². The lowest BCUT2D eigenvalue weighted by Crippen LogP contribution is -2.65. The van der Waals surface area contributed by atoms with Gasteiger partial charge in [-0.3, -0.25) is 24.3 Å². The van der Waals surface area contributed by atoms with Crippen molar-refractivity contribution in [2.45, 2.75) is 31.1 Å². The minimum atomic E-state index is -4.77. The summed E-state index contributed by atoms with van der Waals surface area (Å²) < 4.78 is 39.1. The average Bonchev–Trinajstić information content (AvgIpc) is 2.92. The molecule has 1 aromatic heterocycles. The van der Waals surface area contributed by atoms with E-state index in [1.165, 1.54) is 18.0 Å². The molecular weight excluding hydrogens is 433 g/mol. The molecule has 2 fully saturated rings. The number of urea groups is 1. The number of pyridine rings is 1. The number of imide groups is 1. The molecule has 0 radical (unpaired) electrons. The first-order valence-corrected chi connectivity index (χ1v) is 9.86. The summed E-state index contributed by atoms with van der Waals surface area (Å²) in [5.74, 6) is -2.14. The molecule has 0 saturated carbocycles. The third-order valence-corrected chi connectivity index (χ3v) is 5.38. The number of fused-ring (bicyclic) bond motifs is 1. The minimum Gasteiger partial charge on any atom is -0.346 e. The van der Waals surface area contributed by atoms with E-state index < -0.39 is 54.6 Å². The molecule has 13 heteroatoms. The summed E-state index contributed by atoms with van der Waals surface area (Å²) in [7, 11) is 0. The summed E-state index contributed by atoms with van der Waals surface area (Å²) in [5, 5.41) is 2.37. The smallest absolute Gasteiger partial charge is 0.346 e. The molecule has 0 bridgehead atoms. The van der Waals surface area contributed by atoms with Gasteiger partial charge in [-0.05, 0) is 19.1 Å². The highest BCUT2D eigenvalue weighted by Crippen LogP contribution is 2.36. The summed E-state index contributed by atoms with van der Waals surface area (Å²) >= 11 is 0. The predicted octanol–water partition coefficient (Wildman–Crippen LogP) is -0.505. The summed E-state index contributed by atoms with van der Waals surface area (Å²) in [6.45, 7) is -1.14. The molecule has 2 unspecified atom stereocenters. The number of hydrogen-bond donors (Lipinski definition) is 2. The summed E-state index contributed by atoms with van der Waals surface area (Å²) in [5.41, 5.74) is 4.10. The summed E-state index contributed by atoms with van der Waals surface area (Å²) in [6.07, 6.45) is -3.48. The SMILES string of the molecule is CC(N)C(=O)NCC(=O)N1CCN2C(=O)N(CC(F)(F)F)C(=O)C2(Cc2ccccn2)C1. The van der Waals surface area contributed by atoms with Crippen LogP contribution in [-0.4, -0.2) is 93.9 Å². The standard InChI is InChI=1S/C19H23F3N6O4/c1-12(23)15(30)25-9-14(29)26-6-7-28-17(32)27(11-19(20,21)22)16(31)18(28,10-26)8-13-4-2-3-5-24-13/h2-5,12H,6-11,23H2,1H3,(H,25,30). The van der Waals surface area contributed by atoms with Crippen molar-refractivity contribution < 1.29 is 32.3 Å². The van der Waals surface area contributed by atoms with E-state index in [0.717, 1.165) is 4.90 Å². The Bertz CT molecular complexity index is 910. The van der Waals surface area contributed by atoms with E-state index >= 15 is 0 Å². The maximum absolute atomic E-state index is 13.2. The highest BCUT2D eigenvalue weighted by Gasteiger charge is 2.61. The van der Waals surface area contributed by atoms with Crippen LogP contribution in [0, 0.1) is 0 Å². The van der Waals surface area contributed by atoms with Crippen molar-refractivity contribution in [2.24, 2.45) is 5.73 Å². The van der Waals surface area contributed by atoms with Gasteiger partial charge in [0.15, 0.2) is 0 Å². The molecule has 3 heterocycles. The van der Waals surface area contributed by atoms with Crippen molar-refractivity contribution in [2.75, 3.05) is 32.7 Å². The number of carbonyl (C=O) groups is 4. The number of halogens is 3. The normalized spacial score (nSPS) is 22.1. The quantitative estimate of drug-likeness (QED) is 0.555. The lowest BCUT2D eigenvalue weighted by atomic mass is 9.88. The van der Waals surface area contributed by atoms with Crippen molar-refractivity contribution in [3.63, 3.8) is 0 Å². The number of alkyl halides is 3. The molecule has 2 saturated heterocycles. The van der Waals surface area contributed by atoms with Crippen molar-refractivity contribution >= 4 is 23.8 Å². The van der Waals surface area contributed by atoms with E-state index in [9.17, 15) is 32.3 Å². The topological polar surface area (TPSA) is 129 Å². The van der Waals surface area contributed by atoms with Crippen LogP contribution in [0.25, 0.3) is 0 Å². The zero-order valence-electron chi connectivity index (χ0n) is 17.3. The molecule has 174 valence electrons. The lowest BCUT2D eigenvalue weighted by Gasteiger charge is -2.44. The van der Waals surface area contributed by atoms with E-state index in [0.29, 0.717) is 5.69 Å². The fourth-order valence-electron chi connectivity index (χ4n) is 3.86. The van der Waals surface area contributed by atoms with Gasteiger partial charge in [0.2, 0.25) is 11.8 Å². The van der Waals surface area contributed by atoms with Gasteiger partial charge in [0.25, 0.3) is 5.91 Å². The number of amides is 5. The molecule has 0 aromatic carbocycles. The monoisotopic (exact) mass is 456 g/mol. The van der Waals surface area contributed by atoms with Gasteiger partial charge in [-0.2, -0.15) is 13.2 Å². The average molecular weight is 456 g/mol. The van der Waals surface area contributed by atoms with Crippen molar-refractivity contribution in [1.29, 1.82) is 0 Å². The van der Waals surface area contributed by atoms with Gasteiger partial charge in [0.1, 0.15) is 12.1 Å². The second-order valence-electron chi connectivity index (χ2n) is 7.79. The molecule has 3 N–H and O–H groups in total. The first-order chi connectivity index (χ1) is 14.9. The van der Waals surface area contributed by atoms with Crippen LogP contribution in [0.4, 0.5) is 18.0 Å². The van der Waals surface area contributed by atoms with E-state index in [-0.39, 0.29) is 31.0 Å². The molecular formula is C19H23F3N6O4. The van der Waals surface area contributed by atoms with Crippen LogP contribution in [0.5, 0.6) is 0 Å². The number of aromatic nitrogens is 1. The third kappa shape index (κ3) is 4.66. The van der Waals surface area contributed by atoms with E-state index in [1.54, 1.807) is 18.2 Å². The number of nitrogens with two attached hydrogens (primary N) is 1. The molecule has 2 aliphatic heterocycles. The highest BCUT2D eigenvalue weighted by atomic mass is 19.4. The third-order valence-electron chi connectivity index (χ3n) is 5.38. The Morgan fingerprint density at radius 2 is 2.00 bits per heavy atom. The number of rotatable bonds is 6. The minimum absolute atomic E-state index is 0.00424. The molecule has 3 rings (SSSR count). The molecule has 0 spiro atoms. The lowest BCUT2D eigenvalue weighted by molar-refractivity contribution is -0.157. The zero-order chi connectivity index (χ0) is 23.7. The van der Waals surface area contributed by atoms with Gasteiger partial charge in [-0.25, -0.2) is 4.79 Å². The molecule has 5 amide bonds. The number of carbonyl (C=O) groups excluding carboxylic acids is 4. The van der Waals surface area contributed by atoms with Crippen LogP contribution < -0.4 is 11.1 Å². The van der Waals surface area contributed by atoms with Crippen molar-refractivity contribution in [3.05, 3.63) is 30.1 Å². The number of hydrogen-bond acceptors (Lipinski definition) is 6. The van der Waals surface area contributed by atoms with Gasteiger partial charge >= 0.3 is 12.2 Å². The Labute approximate surface area is 181 Å². The summed E-state index contributed by atoms with van der Waals surface area (Å²) in [6, 6.07) is 2.98.